The zero-order chi connectivity index (χ0) is 16.1. The van der Waals surface area contributed by atoms with Crippen molar-refractivity contribution in [1.82, 2.24) is 0 Å². The third-order valence-electron chi connectivity index (χ3n) is 7.49. The van der Waals surface area contributed by atoms with E-state index in [0.717, 1.165) is 19.3 Å². The third kappa shape index (κ3) is 1.47. The summed E-state index contributed by atoms with van der Waals surface area (Å²) in [6, 6.07) is 0. The Balaban J connectivity index is 1.71. The first kappa shape index (κ1) is 15.3. The topological polar surface area (TPSA) is 99.4 Å². The van der Waals surface area contributed by atoms with Crippen LogP contribution in [0.15, 0.2) is 0 Å². The van der Waals surface area contributed by atoms with Crippen LogP contribution in [0.5, 0.6) is 0 Å². The van der Waals surface area contributed by atoms with Crippen molar-refractivity contribution in [3.8, 4) is 0 Å². The maximum absolute atomic E-state index is 10.2. The average molecular weight is 314 g/mol. The molecule has 9 atom stereocenters. The molecule has 6 heteroatoms. The molecule has 4 N–H and O–H groups in total. The lowest BCUT2D eigenvalue weighted by Crippen LogP contribution is -2.62. The largest absolute Gasteiger partial charge is 0.387 e. The van der Waals surface area contributed by atoms with Crippen molar-refractivity contribution in [3.05, 3.63) is 0 Å². The third-order valence-corrected chi connectivity index (χ3v) is 7.49. The van der Waals surface area contributed by atoms with Gasteiger partial charge in [0.15, 0.2) is 5.79 Å². The zero-order valence-corrected chi connectivity index (χ0v) is 13.3. The Morgan fingerprint density at radius 1 is 0.818 bits per heavy atom. The summed E-state index contributed by atoms with van der Waals surface area (Å²) in [5.74, 6) is -0.373. The highest BCUT2D eigenvalue weighted by Crippen LogP contribution is 2.72. The van der Waals surface area contributed by atoms with E-state index >= 15 is 0 Å². The molecule has 6 nitrogen and oxygen atoms in total. The lowest BCUT2D eigenvalue weighted by molar-refractivity contribution is -0.256. The molecule has 0 amide bonds. The summed E-state index contributed by atoms with van der Waals surface area (Å²) in [4.78, 5) is 0. The summed E-state index contributed by atoms with van der Waals surface area (Å²) < 4.78 is 12.4. The van der Waals surface area contributed by atoms with Crippen LogP contribution in [0.25, 0.3) is 0 Å². The molecule has 4 fully saturated rings. The van der Waals surface area contributed by atoms with Crippen molar-refractivity contribution < 1.29 is 29.9 Å². The van der Waals surface area contributed by atoms with E-state index in [1.54, 1.807) is 0 Å². The fourth-order valence-electron chi connectivity index (χ4n) is 5.46. The Bertz CT molecular complexity index is 471. The fourth-order valence-corrected chi connectivity index (χ4v) is 5.46. The SMILES string of the molecule is CC1(C)[C@@H]2CC[C@@]1(C)C1(C2)O[C@@H]2[C@H](O)[C@@H](O)[C@H](O)[C@@H](O)[C@@H]2O1. The molecule has 1 spiro atoms. The molecule has 126 valence electrons. The Morgan fingerprint density at radius 3 is 1.68 bits per heavy atom. The molecular formula is C16H26O6. The van der Waals surface area contributed by atoms with Crippen molar-refractivity contribution in [3.63, 3.8) is 0 Å². The summed E-state index contributed by atoms with van der Waals surface area (Å²) in [7, 11) is 0. The van der Waals surface area contributed by atoms with Gasteiger partial charge in [-0.1, -0.05) is 20.8 Å². The van der Waals surface area contributed by atoms with Gasteiger partial charge in [0.05, 0.1) is 0 Å². The Kier molecular flexibility index (Phi) is 2.94. The van der Waals surface area contributed by atoms with Crippen LogP contribution in [-0.2, 0) is 9.47 Å². The Labute approximate surface area is 130 Å². The maximum atomic E-state index is 10.2. The smallest absolute Gasteiger partial charge is 0.175 e. The number of aliphatic hydroxyl groups is 4. The van der Waals surface area contributed by atoms with E-state index in [1.165, 1.54) is 0 Å². The van der Waals surface area contributed by atoms with Crippen LogP contribution in [0.1, 0.15) is 40.0 Å². The summed E-state index contributed by atoms with van der Waals surface area (Å²) in [5.41, 5.74) is -0.162. The maximum Gasteiger partial charge on any atom is 0.175 e. The van der Waals surface area contributed by atoms with Crippen LogP contribution in [0.2, 0.25) is 0 Å². The summed E-state index contributed by atoms with van der Waals surface area (Å²) in [6.07, 6.45) is -4.13. The first-order valence-electron chi connectivity index (χ1n) is 8.22. The normalized spacial score (nSPS) is 62.6. The molecule has 0 aromatic heterocycles. The van der Waals surface area contributed by atoms with Crippen molar-refractivity contribution in [2.24, 2.45) is 16.7 Å². The lowest BCUT2D eigenvalue weighted by atomic mass is 9.68. The number of fused-ring (bicyclic) bond motifs is 4. The van der Waals surface area contributed by atoms with E-state index in [1.807, 2.05) is 0 Å². The van der Waals surface area contributed by atoms with Crippen molar-refractivity contribution in [2.75, 3.05) is 0 Å². The van der Waals surface area contributed by atoms with E-state index in [0.29, 0.717) is 5.92 Å². The van der Waals surface area contributed by atoms with Gasteiger partial charge in [-0.2, -0.15) is 0 Å². The minimum absolute atomic E-state index is 0.0492. The first-order chi connectivity index (χ1) is 10.1. The van der Waals surface area contributed by atoms with Gasteiger partial charge in [0.1, 0.15) is 36.6 Å². The van der Waals surface area contributed by atoms with E-state index in [-0.39, 0.29) is 10.8 Å². The van der Waals surface area contributed by atoms with Crippen LogP contribution >= 0.6 is 0 Å². The second-order valence-electron chi connectivity index (χ2n) is 8.37. The summed E-state index contributed by atoms with van der Waals surface area (Å²) in [5, 5.41) is 40.3. The molecule has 1 saturated heterocycles. The van der Waals surface area contributed by atoms with E-state index in [9.17, 15) is 20.4 Å². The van der Waals surface area contributed by atoms with E-state index in [4.69, 9.17) is 9.47 Å². The van der Waals surface area contributed by atoms with Crippen LogP contribution in [0.3, 0.4) is 0 Å². The summed E-state index contributed by atoms with van der Waals surface area (Å²) >= 11 is 0. The van der Waals surface area contributed by atoms with Gasteiger partial charge in [-0.3, -0.25) is 0 Å². The van der Waals surface area contributed by atoms with Crippen molar-refractivity contribution in [1.29, 1.82) is 0 Å². The molecule has 3 saturated carbocycles. The van der Waals surface area contributed by atoms with Crippen LogP contribution in [0, 0.1) is 16.7 Å². The number of aliphatic hydroxyl groups excluding tert-OH is 4. The molecule has 0 aromatic rings. The Hall–Kier alpha value is -0.240. The first-order valence-corrected chi connectivity index (χ1v) is 8.22. The molecular weight excluding hydrogens is 288 g/mol. The van der Waals surface area contributed by atoms with Crippen molar-refractivity contribution >= 4 is 0 Å². The summed E-state index contributed by atoms with van der Waals surface area (Å²) in [6.45, 7) is 6.61. The van der Waals surface area contributed by atoms with Crippen LogP contribution in [-0.4, -0.2) is 62.8 Å². The highest BCUT2D eigenvalue weighted by atomic mass is 16.8. The molecule has 1 heterocycles. The van der Waals surface area contributed by atoms with Crippen LogP contribution < -0.4 is 0 Å². The second-order valence-corrected chi connectivity index (χ2v) is 8.37. The number of hydrogen-bond acceptors (Lipinski definition) is 6. The molecule has 2 bridgehead atoms. The Morgan fingerprint density at radius 2 is 1.32 bits per heavy atom. The fraction of sp³-hybridized carbons (Fsp3) is 1.00. The number of rotatable bonds is 0. The molecule has 0 radical (unpaired) electrons. The highest BCUT2D eigenvalue weighted by molar-refractivity contribution is 5.19. The monoisotopic (exact) mass is 314 g/mol. The predicted molar refractivity (Wildman–Crippen MR) is 75.7 cm³/mol. The van der Waals surface area contributed by atoms with Gasteiger partial charge in [0.25, 0.3) is 0 Å². The number of ether oxygens (including phenoxy) is 2. The zero-order valence-electron chi connectivity index (χ0n) is 13.3. The molecule has 1 unspecified atom stereocenters. The molecule has 3 aliphatic carbocycles. The van der Waals surface area contributed by atoms with Gasteiger partial charge in [0, 0.05) is 11.8 Å². The highest BCUT2D eigenvalue weighted by Gasteiger charge is 2.75. The van der Waals surface area contributed by atoms with Crippen LogP contribution in [0.4, 0.5) is 0 Å². The standard InChI is InChI=1S/C16H26O6/c1-14(2)7-4-5-15(14,3)16(6-7)21-12-10(19)8(17)9(18)11(20)13(12)22-16/h7-13,17-20H,4-6H2,1-3H3/t7-,8+,9+,10-,11-,12-,13+,15-,16?/m1/s1. The van der Waals surface area contributed by atoms with Gasteiger partial charge >= 0.3 is 0 Å². The second kappa shape index (κ2) is 4.23. The quantitative estimate of drug-likeness (QED) is 0.493. The lowest BCUT2D eigenvalue weighted by Gasteiger charge is -2.45. The predicted octanol–water partition coefficient (Wildman–Crippen LogP) is -0.230. The van der Waals surface area contributed by atoms with Gasteiger partial charge in [-0.25, -0.2) is 0 Å². The minimum atomic E-state index is -1.42. The van der Waals surface area contributed by atoms with E-state index in [2.05, 4.69) is 20.8 Å². The van der Waals surface area contributed by atoms with Crippen molar-refractivity contribution in [2.45, 2.75) is 82.4 Å². The van der Waals surface area contributed by atoms with Gasteiger partial charge in [-0.05, 0) is 24.2 Å². The molecule has 0 aromatic carbocycles. The van der Waals surface area contributed by atoms with Gasteiger partial charge in [0.2, 0.25) is 0 Å². The average Bonchev–Trinajstić information content (AvgIpc) is 3.01. The molecule has 4 rings (SSSR count). The minimum Gasteiger partial charge on any atom is -0.387 e. The number of hydrogen-bond donors (Lipinski definition) is 4. The van der Waals surface area contributed by atoms with E-state index < -0.39 is 42.4 Å². The molecule has 1 aliphatic heterocycles. The molecule has 4 aliphatic rings. The molecule has 22 heavy (non-hydrogen) atoms. The van der Waals surface area contributed by atoms with Gasteiger partial charge < -0.3 is 29.9 Å². The van der Waals surface area contributed by atoms with Gasteiger partial charge in [-0.15, -0.1) is 0 Å².